The summed E-state index contributed by atoms with van der Waals surface area (Å²) in [5.41, 5.74) is -0.556. The Morgan fingerprint density at radius 1 is 1.36 bits per heavy atom. The van der Waals surface area contributed by atoms with Crippen molar-refractivity contribution < 1.29 is 19.2 Å². The number of phenolic OH excluding ortho intramolecular Hbond substituents is 1. The van der Waals surface area contributed by atoms with E-state index in [0.717, 1.165) is 24.3 Å². The van der Waals surface area contributed by atoms with Gasteiger partial charge in [-0.2, -0.15) is 5.26 Å². The van der Waals surface area contributed by atoms with Crippen LogP contribution in [0.2, 0.25) is 5.02 Å². The first kappa shape index (κ1) is 17.9. The van der Waals surface area contributed by atoms with Crippen LogP contribution in [0, 0.1) is 27.3 Å². The van der Waals surface area contributed by atoms with E-state index in [-0.39, 0.29) is 21.8 Å². The van der Waals surface area contributed by atoms with Crippen LogP contribution in [0.3, 0.4) is 0 Å². The van der Waals surface area contributed by atoms with E-state index in [2.05, 4.69) is 5.32 Å². The minimum Gasteiger partial charge on any atom is -0.502 e. The summed E-state index contributed by atoms with van der Waals surface area (Å²) in [6.07, 6.45) is 1.12. The summed E-state index contributed by atoms with van der Waals surface area (Å²) in [4.78, 5) is 22.1. The molecule has 2 rings (SSSR count). The number of carbonyl (C=O) groups is 1. The standard InChI is InChI=1S/C16H9ClFN3O4/c17-12-7-11(2-3-13(12)18)20-16(23)10(8-19)5-9-1-4-15(22)14(6-9)21(24)25/h1-7,22H,(H,20,23)/b10-5+. The molecule has 1 amide bonds. The molecule has 7 nitrogen and oxygen atoms in total. The summed E-state index contributed by atoms with van der Waals surface area (Å²) >= 11 is 5.61. The Kier molecular flexibility index (Phi) is 5.31. The summed E-state index contributed by atoms with van der Waals surface area (Å²) in [5, 5.41) is 31.5. The van der Waals surface area contributed by atoms with Gasteiger partial charge in [0.2, 0.25) is 0 Å². The fraction of sp³-hybridized carbons (Fsp3) is 0. The van der Waals surface area contributed by atoms with Crippen molar-refractivity contribution in [2.45, 2.75) is 0 Å². The molecule has 2 aromatic carbocycles. The average molecular weight is 362 g/mol. The van der Waals surface area contributed by atoms with Crippen LogP contribution >= 0.6 is 11.6 Å². The highest BCUT2D eigenvalue weighted by Gasteiger charge is 2.15. The number of phenols is 1. The lowest BCUT2D eigenvalue weighted by molar-refractivity contribution is -0.385. The number of aromatic hydroxyl groups is 1. The zero-order chi connectivity index (χ0) is 18.6. The predicted molar refractivity (Wildman–Crippen MR) is 88.4 cm³/mol. The number of hydrogen-bond donors (Lipinski definition) is 2. The Bertz CT molecular complexity index is 937. The second-order valence-electron chi connectivity index (χ2n) is 4.76. The van der Waals surface area contributed by atoms with Crippen molar-refractivity contribution in [1.29, 1.82) is 5.26 Å². The number of hydrogen-bond acceptors (Lipinski definition) is 5. The molecule has 0 atom stereocenters. The largest absolute Gasteiger partial charge is 0.502 e. The Morgan fingerprint density at radius 2 is 2.08 bits per heavy atom. The maximum Gasteiger partial charge on any atom is 0.311 e. The van der Waals surface area contributed by atoms with Gasteiger partial charge in [-0.25, -0.2) is 4.39 Å². The third kappa shape index (κ3) is 4.31. The van der Waals surface area contributed by atoms with Crippen molar-refractivity contribution in [1.82, 2.24) is 0 Å². The lowest BCUT2D eigenvalue weighted by Crippen LogP contribution is -2.13. The minimum atomic E-state index is -0.805. The third-order valence-electron chi connectivity index (χ3n) is 3.05. The van der Waals surface area contributed by atoms with E-state index in [4.69, 9.17) is 16.9 Å². The number of nitriles is 1. The molecule has 9 heteroatoms. The monoisotopic (exact) mass is 361 g/mol. The minimum absolute atomic E-state index is 0.174. The van der Waals surface area contributed by atoms with Gasteiger partial charge in [-0.15, -0.1) is 0 Å². The van der Waals surface area contributed by atoms with Gasteiger partial charge in [0.25, 0.3) is 5.91 Å². The lowest BCUT2D eigenvalue weighted by Gasteiger charge is -2.05. The Labute approximate surface area is 145 Å². The summed E-state index contributed by atoms with van der Waals surface area (Å²) < 4.78 is 13.1. The summed E-state index contributed by atoms with van der Waals surface area (Å²) in [5.74, 6) is -2.00. The van der Waals surface area contributed by atoms with Crippen LogP contribution < -0.4 is 5.32 Å². The molecular weight excluding hydrogens is 353 g/mol. The van der Waals surface area contributed by atoms with E-state index in [1.807, 2.05) is 0 Å². The first-order valence-electron chi connectivity index (χ1n) is 6.67. The van der Waals surface area contributed by atoms with Crippen LogP contribution in [0.4, 0.5) is 15.8 Å². The van der Waals surface area contributed by atoms with Gasteiger partial charge < -0.3 is 10.4 Å². The van der Waals surface area contributed by atoms with Crippen LogP contribution in [0.15, 0.2) is 42.0 Å². The molecule has 0 bridgehead atoms. The molecule has 25 heavy (non-hydrogen) atoms. The Morgan fingerprint density at radius 3 is 2.68 bits per heavy atom. The molecule has 0 aromatic heterocycles. The maximum absolute atomic E-state index is 13.1. The van der Waals surface area contributed by atoms with E-state index in [1.54, 1.807) is 6.07 Å². The van der Waals surface area contributed by atoms with Crippen molar-refractivity contribution in [3.63, 3.8) is 0 Å². The van der Waals surface area contributed by atoms with E-state index < -0.39 is 28.1 Å². The molecule has 0 aliphatic heterocycles. The molecule has 0 radical (unpaired) electrons. The molecule has 2 aromatic rings. The van der Waals surface area contributed by atoms with Crippen molar-refractivity contribution in [2.75, 3.05) is 5.32 Å². The molecule has 0 saturated heterocycles. The molecule has 0 aliphatic rings. The van der Waals surface area contributed by atoms with Crippen LogP contribution in [-0.2, 0) is 4.79 Å². The van der Waals surface area contributed by atoms with Gasteiger partial charge in [-0.1, -0.05) is 17.7 Å². The first-order valence-corrected chi connectivity index (χ1v) is 7.05. The number of halogens is 2. The van der Waals surface area contributed by atoms with Gasteiger partial charge in [0.05, 0.1) is 9.95 Å². The fourth-order valence-corrected chi connectivity index (χ4v) is 2.04. The molecule has 0 saturated carbocycles. The molecule has 0 unspecified atom stereocenters. The number of nitrogens with zero attached hydrogens (tertiary/aromatic N) is 2. The van der Waals surface area contributed by atoms with Gasteiger partial charge in [0.15, 0.2) is 5.75 Å². The number of nitro groups is 1. The van der Waals surface area contributed by atoms with Gasteiger partial charge in [-0.3, -0.25) is 14.9 Å². The second kappa shape index (κ2) is 7.42. The SMILES string of the molecule is N#C/C(=C\c1ccc(O)c([N+](=O)[O-])c1)C(=O)Nc1ccc(F)c(Cl)c1. The summed E-state index contributed by atoms with van der Waals surface area (Å²) in [6, 6.07) is 8.57. The first-order chi connectivity index (χ1) is 11.8. The zero-order valence-corrected chi connectivity index (χ0v) is 13.1. The number of amides is 1. The van der Waals surface area contributed by atoms with Gasteiger partial charge in [0.1, 0.15) is 17.5 Å². The third-order valence-corrected chi connectivity index (χ3v) is 3.34. The van der Waals surface area contributed by atoms with E-state index in [1.165, 1.54) is 18.2 Å². The van der Waals surface area contributed by atoms with Crippen molar-refractivity contribution in [2.24, 2.45) is 0 Å². The van der Waals surface area contributed by atoms with Gasteiger partial charge in [-0.05, 0) is 35.9 Å². The Hall–Kier alpha value is -3.44. The number of nitro benzene ring substituents is 1. The van der Waals surface area contributed by atoms with Crippen LogP contribution in [-0.4, -0.2) is 15.9 Å². The maximum atomic E-state index is 13.1. The van der Waals surface area contributed by atoms with E-state index in [0.29, 0.717) is 0 Å². The molecule has 0 spiro atoms. The average Bonchev–Trinajstić information content (AvgIpc) is 2.57. The fourth-order valence-electron chi connectivity index (χ4n) is 1.86. The highest BCUT2D eigenvalue weighted by atomic mass is 35.5. The van der Waals surface area contributed by atoms with Crippen molar-refractivity contribution in [3.05, 3.63) is 68.5 Å². The molecular formula is C16H9ClFN3O4. The van der Waals surface area contributed by atoms with Crippen LogP contribution in [0.5, 0.6) is 5.75 Å². The van der Waals surface area contributed by atoms with Crippen LogP contribution in [0.25, 0.3) is 6.08 Å². The summed E-state index contributed by atoms with van der Waals surface area (Å²) in [7, 11) is 0. The van der Waals surface area contributed by atoms with E-state index in [9.17, 15) is 24.4 Å². The number of anilines is 1. The topological polar surface area (TPSA) is 116 Å². The van der Waals surface area contributed by atoms with Crippen molar-refractivity contribution in [3.8, 4) is 11.8 Å². The van der Waals surface area contributed by atoms with Crippen LogP contribution in [0.1, 0.15) is 5.56 Å². The predicted octanol–water partition coefficient (Wildman–Crippen LogP) is 3.64. The number of nitrogens with one attached hydrogen (secondary N) is 1. The van der Waals surface area contributed by atoms with Gasteiger partial charge >= 0.3 is 5.69 Å². The van der Waals surface area contributed by atoms with E-state index >= 15 is 0 Å². The van der Waals surface area contributed by atoms with Crippen molar-refractivity contribution >= 4 is 35.0 Å². The molecule has 126 valence electrons. The number of rotatable bonds is 4. The highest BCUT2D eigenvalue weighted by molar-refractivity contribution is 6.31. The quantitative estimate of drug-likeness (QED) is 0.373. The molecule has 0 heterocycles. The smallest absolute Gasteiger partial charge is 0.311 e. The van der Waals surface area contributed by atoms with Gasteiger partial charge in [0, 0.05) is 11.8 Å². The normalized spacial score (nSPS) is 10.8. The number of carbonyl (C=O) groups excluding carboxylic acids is 1. The Balaban J connectivity index is 2.29. The molecule has 2 N–H and O–H groups in total. The molecule has 0 fully saturated rings. The number of benzene rings is 2. The summed E-state index contributed by atoms with van der Waals surface area (Å²) in [6.45, 7) is 0. The second-order valence-corrected chi connectivity index (χ2v) is 5.17. The lowest BCUT2D eigenvalue weighted by atomic mass is 10.1. The molecule has 0 aliphatic carbocycles. The zero-order valence-electron chi connectivity index (χ0n) is 12.4. The highest BCUT2D eigenvalue weighted by Crippen LogP contribution is 2.27.